The molecule has 0 bridgehead atoms. The van der Waals surface area contributed by atoms with Crippen LogP contribution >= 0.6 is 11.3 Å². The highest BCUT2D eigenvalue weighted by atomic mass is 32.1. The predicted molar refractivity (Wildman–Crippen MR) is 257 cm³/mol. The minimum absolute atomic E-state index is 0.457. The van der Waals surface area contributed by atoms with Gasteiger partial charge in [-0.3, -0.25) is 0 Å². The zero-order valence-electron chi connectivity index (χ0n) is 33.6. The zero-order chi connectivity index (χ0) is 41.0. The van der Waals surface area contributed by atoms with E-state index in [-0.39, 0.29) is 0 Å². The molecule has 1 aliphatic rings. The summed E-state index contributed by atoms with van der Waals surface area (Å²) in [4.78, 5) is 15.6. The van der Waals surface area contributed by atoms with Crippen molar-refractivity contribution in [2.24, 2.45) is 0 Å². The average Bonchev–Trinajstić information content (AvgIpc) is 3.88. The van der Waals surface area contributed by atoms with Gasteiger partial charge in [-0.15, -0.1) is 11.3 Å². The first-order valence-corrected chi connectivity index (χ1v) is 21.8. The fraction of sp³-hybridized carbons (Fsp3) is 0.0172. The van der Waals surface area contributed by atoms with Crippen LogP contribution in [-0.2, 0) is 5.41 Å². The van der Waals surface area contributed by atoms with E-state index < -0.39 is 5.41 Å². The molecule has 11 aromatic rings. The van der Waals surface area contributed by atoms with Crippen molar-refractivity contribution in [3.05, 3.63) is 247 Å². The average molecular weight is 808 g/mol. The molecule has 0 atom stereocenters. The molecule has 0 unspecified atom stereocenters. The monoisotopic (exact) mass is 807 g/mol. The number of nitrogens with zero attached hydrogens (tertiary/aromatic N) is 3. The molecule has 2 heterocycles. The van der Waals surface area contributed by atoms with Crippen molar-refractivity contribution in [3.8, 4) is 67.5 Å². The summed E-state index contributed by atoms with van der Waals surface area (Å²) in [6.45, 7) is 0. The Morgan fingerprint density at radius 1 is 0.306 bits per heavy atom. The number of thiophene rings is 1. The van der Waals surface area contributed by atoms with Crippen LogP contribution in [0.1, 0.15) is 22.3 Å². The highest BCUT2D eigenvalue weighted by Crippen LogP contribution is 2.57. The minimum Gasteiger partial charge on any atom is -0.208 e. The van der Waals surface area contributed by atoms with Crippen LogP contribution in [0.15, 0.2) is 224 Å². The molecule has 12 rings (SSSR count). The molecule has 62 heavy (non-hydrogen) atoms. The van der Waals surface area contributed by atoms with Gasteiger partial charge in [0, 0.05) is 36.9 Å². The SMILES string of the molecule is c1ccc(-c2cccc(-c3nc(-c4ccccc4)nc(-c4ccccc4-c4cccc5sc6cc(C7(c8ccccc8)c8ccccc8-c8ccccc87)ccc6c45)n3)c2)cc1. The van der Waals surface area contributed by atoms with E-state index in [9.17, 15) is 0 Å². The second kappa shape index (κ2) is 14.7. The van der Waals surface area contributed by atoms with Crippen LogP contribution < -0.4 is 0 Å². The van der Waals surface area contributed by atoms with Crippen LogP contribution in [0.2, 0.25) is 0 Å². The molecule has 0 fully saturated rings. The summed E-state index contributed by atoms with van der Waals surface area (Å²) in [7, 11) is 0. The lowest BCUT2D eigenvalue weighted by molar-refractivity contribution is 0.770. The van der Waals surface area contributed by atoms with E-state index in [0.29, 0.717) is 17.5 Å². The van der Waals surface area contributed by atoms with Crippen molar-refractivity contribution in [1.29, 1.82) is 0 Å². The van der Waals surface area contributed by atoms with Gasteiger partial charge in [0.1, 0.15) is 0 Å². The minimum atomic E-state index is -0.457. The van der Waals surface area contributed by atoms with Crippen molar-refractivity contribution in [3.63, 3.8) is 0 Å². The Morgan fingerprint density at radius 3 is 1.53 bits per heavy atom. The van der Waals surface area contributed by atoms with Gasteiger partial charge in [-0.1, -0.05) is 206 Å². The van der Waals surface area contributed by atoms with Crippen molar-refractivity contribution < 1.29 is 0 Å². The lowest BCUT2D eigenvalue weighted by atomic mass is 9.67. The van der Waals surface area contributed by atoms with E-state index in [2.05, 4.69) is 200 Å². The van der Waals surface area contributed by atoms with E-state index in [1.165, 1.54) is 53.6 Å². The molecule has 290 valence electrons. The molecular weight excluding hydrogens is 771 g/mol. The van der Waals surface area contributed by atoms with Crippen LogP contribution in [-0.4, -0.2) is 15.0 Å². The summed E-state index contributed by atoms with van der Waals surface area (Å²) in [5.74, 6) is 1.91. The van der Waals surface area contributed by atoms with Crippen LogP contribution in [0.5, 0.6) is 0 Å². The Bertz CT molecular complexity index is 3420. The van der Waals surface area contributed by atoms with Crippen LogP contribution in [0.3, 0.4) is 0 Å². The molecule has 0 N–H and O–H groups in total. The first-order chi connectivity index (χ1) is 30.7. The topological polar surface area (TPSA) is 38.7 Å². The highest BCUT2D eigenvalue weighted by Gasteiger charge is 2.46. The van der Waals surface area contributed by atoms with Gasteiger partial charge in [-0.2, -0.15) is 0 Å². The van der Waals surface area contributed by atoms with Crippen LogP contribution in [0.4, 0.5) is 0 Å². The molecule has 0 saturated carbocycles. The lowest BCUT2D eigenvalue weighted by Crippen LogP contribution is -2.28. The van der Waals surface area contributed by atoms with E-state index in [0.717, 1.165) is 38.9 Å². The maximum Gasteiger partial charge on any atom is 0.164 e. The maximum atomic E-state index is 5.26. The molecule has 3 nitrogen and oxygen atoms in total. The molecule has 0 aliphatic heterocycles. The van der Waals surface area contributed by atoms with E-state index >= 15 is 0 Å². The summed E-state index contributed by atoms with van der Waals surface area (Å²) < 4.78 is 2.50. The Balaban J connectivity index is 1.04. The summed E-state index contributed by atoms with van der Waals surface area (Å²) in [5.41, 5.74) is 14.6. The van der Waals surface area contributed by atoms with Crippen molar-refractivity contribution in [2.45, 2.75) is 5.41 Å². The van der Waals surface area contributed by atoms with Crippen molar-refractivity contribution >= 4 is 31.5 Å². The second-order valence-corrected chi connectivity index (χ2v) is 16.9. The van der Waals surface area contributed by atoms with Gasteiger partial charge >= 0.3 is 0 Å². The number of benzene rings is 9. The number of hydrogen-bond acceptors (Lipinski definition) is 4. The third-order valence-electron chi connectivity index (χ3n) is 12.4. The fourth-order valence-corrected chi connectivity index (χ4v) is 10.9. The molecule has 4 heteroatoms. The third kappa shape index (κ3) is 5.76. The molecule has 9 aromatic carbocycles. The third-order valence-corrected chi connectivity index (χ3v) is 13.6. The summed E-state index contributed by atoms with van der Waals surface area (Å²) >= 11 is 1.86. The molecule has 0 radical (unpaired) electrons. The first-order valence-electron chi connectivity index (χ1n) is 21.0. The Labute approximate surface area is 364 Å². The van der Waals surface area contributed by atoms with Gasteiger partial charge in [0.15, 0.2) is 17.5 Å². The number of aromatic nitrogens is 3. The van der Waals surface area contributed by atoms with Crippen LogP contribution in [0.25, 0.3) is 87.7 Å². The number of hydrogen-bond donors (Lipinski definition) is 0. The Morgan fingerprint density at radius 2 is 0.823 bits per heavy atom. The second-order valence-electron chi connectivity index (χ2n) is 15.9. The Hall–Kier alpha value is -7.79. The van der Waals surface area contributed by atoms with Crippen LogP contribution in [0, 0.1) is 0 Å². The summed E-state index contributed by atoms with van der Waals surface area (Å²) in [6, 6.07) is 80.5. The van der Waals surface area contributed by atoms with Gasteiger partial charge in [-0.05, 0) is 73.8 Å². The first kappa shape index (κ1) is 36.1. The largest absolute Gasteiger partial charge is 0.208 e. The molecule has 0 saturated heterocycles. The zero-order valence-corrected chi connectivity index (χ0v) is 34.4. The van der Waals surface area contributed by atoms with Gasteiger partial charge in [0.05, 0.1) is 5.41 Å². The fourth-order valence-electron chi connectivity index (χ4n) is 9.72. The summed E-state index contributed by atoms with van der Waals surface area (Å²) in [6.07, 6.45) is 0. The normalized spacial score (nSPS) is 12.6. The van der Waals surface area contributed by atoms with Gasteiger partial charge in [0.2, 0.25) is 0 Å². The molecular formula is C58H37N3S. The smallest absolute Gasteiger partial charge is 0.164 e. The quantitative estimate of drug-likeness (QED) is 0.161. The molecule has 0 amide bonds. The summed E-state index contributed by atoms with van der Waals surface area (Å²) in [5, 5.41) is 2.47. The van der Waals surface area contributed by atoms with Gasteiger partial charge in [-0.25, -0.2) is 15.0 Å². The molecule has 0 spiro atoms. The predicted octanol–water partition coefficient (Wildman–Crippen LogP) is 14.9. The highest BCUT2D eigenvalue weighted by molar-refractivity contribution is 7.26. The number of rotatable bonds is 7. The van der Waals surface area contributed by atoms with E-state index in [1.807, 2.05) is 35.6 Å². The standard InChI is InChI=1S/C58H37N3S/c1-4-18-38(19-5-1)40-22-16-23-41(36-40)56-59-55(39-20-6-2-7-21-39)60-57(61-56)48-29-11-10-26-44(48)47-30-17-33-52-54(47)49-35-34-43(37-53(49)62-52)58(42-24-8-3-9-25-42)50-31-14-12-27-45(50)46-28-13-15-32-51(46)58/h1-37H. The number of fused-ring (bicyclic) bond motifs is 6. The van der Waals surface area contributed by atoms with E-state index in [4.69, 9.17) is 15.0 Å². The van der Waals surface area contributed by atoms with Gasteiger partial charge in [0.25, 0.3) is 0 Å². The molecule has 1 aliphatic carbocycles. The van der Waals surface area contributed by atoms with Gasteiger partial charge < -0.3 is 0 Å². The molecule has 2 aromatic heterocycles. The Kier molecular flexibility index (Phi) is 8.58. The van der Waals surface area contributed by atoms with Crippen molar-refractivity contribution in [2.75, 3.05) is 0 Å². The lowest BCUT2D eigenvalue weighted by Gasteiger charge is -2.33. The van der Waals surface area contributed by atoms with E-state index in [1.54, 1.807) is 0 Å². The maximum absolute atomic E-state index is 5.26. The van der Waals surface area contributed by atoms with Crippen molar-refractivity contribution in [1.82, 2.24) is 15.0 Å².